The maximum absolute atomic E-state index is 12.4. The van der Waals surface area contributed by atoms with E-state index in [2.05, 4.69) is 16.0 Å². The standard InChI is InChI=1S/C26H36N4O7/c1-6-27-22(32)11-18-7-9-19(10-8-18)16-36-24(34)13-28-23(33)15-30-14-20(12-21(30)17(2)31)29-25(35)37-26(3,4)5/h7-10,12,14,22,27,32H,6,11,13,15-16H2,1-5H3,(H,28,33)(H,29,35). The maximum Gasteiger partial charge on any atom is 0.412 e. The van der Waals surface area contributed by atoms with Crippen LogP contribution in [0.3, 0.4) is 0 Å². The number of benzene rings is 1. The number of amides is 2. The summed E-state index contributed by atoms with van der Waals surface area (Å²) in [6.45, 7) is 8.56. The highest BCUT2D eigenvalue weighted by Crippen LogP contribution is 2.17. The lowest BCUT2D eigenvalue weighted by atomic mass is 10.1. The van der Waals surface area contributed by atoms with Gasteiger partial charge in [-0.25, -0.2) is 4.79 Å². The van der Waals surface area contributed by atoms with Gasteiger partial charge in [-0.2, -0.15) is 0 Å². The Morgan fingerprint density at radius 2 is 1.73 bits per heavy atom. The minimum Gasteiger partial charge on any atom is -0.460 e. The summed E-state index contributed by atoms with van der Waals surface area (Å²) in [6.07, 6.45) is 0.598. The largest absolute Gasteiger partial charge is 0.460 e. The van der Waals surface area contributed by atoms with E-state index in [0.29, 0.717) is 18.7 Å². The zero-order valence-electron chi connectivity index (χ0n) is 21.9. The Balaban J connectivity index is 1.83. The lowest BCUT2D eigenvalue weighted by Gasteiger charge is -2.19. The van der Waals surface area contributed by atoms with Gasteiger partial charge >= 0.3 is 12.1 Å². The molecule has 0 bridgehead atoms. The number of ketones is 1. The Bertz CT molecular complexity index is 1090. The molecule has 0 fully saturated rings. The molecule has 1 atom stereocenters. The van der Waals surface area contributed by atoms with E-state index in [4.69, 9.17) is 9.47 Å². The van der Waals surface area contributed by atoms with Crippen LogP contribution in [-0.4, -0.2) is 58.3 Å². The molecule has 37 heavy (non-hydrogen) atoms. The average Bonchev–Trinajstić information content (AvgIpc) is 3.18. The van der Waals surface area contributed by atoms with Gasteiger partial charge in [0.1, 0.15) is 31.5 Å². The monoisotopic (exact) mass is 516 g/mol. The van der Waals surface area contributed by atoms with Crippen molar-refractivity contribution >= 4 is 29.4 Å². The molecule has 0 aliphatic heterocycles. The van der Waals surface area contributed by atoms with Gasteiger partial charge in [0.25, 0.3) is 0 Å². The van der Waals surface area contributed by atoms with Crippen LogP contribution in [-0.2, 0) is 38.6 Å². The molecule has 11 nitrogen and oxygen atoms in total. The van der Waals surface area contributed by atoms with Crippen LogP contribution < -0.4 is 16.0 Å². The van der Waals surface area contributed by atoms with Gasteiger partial charge < -0.3 is 24.5 Å². The van der Waals surface area contributed by atoms with Gasteiger partial charge in [0, 0.05) is 19.5 Å². The van der Waals surface area contributed by atoms with Crippen LogP contribution in [0.1, 0.15) is 56.2 Å². The summed E-state index contributed by atoms with van der Waals surface area (Å²) >= 11 is 0. The molecule has 0 aliphatic rings. The maximum atomic E-state index is 12.4. The third-order valence-corrected chi connectivity index (χ3v) is 4.94. The quantitative estimate of drug-likeness (QED) is 0.191. The van der Waals surface area contributed by atoms with Crippen LogP contribution in [0.2, 0.25) is 0 Å². The number of aliphatic hydroxyl groups excluding tert-OH is 1. The number of esters is 1. The molecule has 2 rings (SSSR count). The van der Waals surface area contributed by atoms with Crippen LogP contribution in [0, 0.1) is 0 Å². The zero-order chi connectivity index (χ0) is 27.6. The van der Waals surface area contributed by atoms with Crippen molar-refractivity contribution in [3.63, 3.8) is 0 Å². The van der Waals surface area contributed by atoms with Crippen molar-refractivity contribution in [2.24, 2.45) is 0 Å². The Morgan fingerprint density at radius 3 is 2.32 bits per heavy atom. The fraction of sp³-hybridized carbons (Fsp3) is 0.462. The number of anilines is 1. The normalized spacial score (nSPS) is 11.9. The molecule has 0 saturated heterocycles. The smallest absolute Gasteiger partial charge is 0.412 e. The van der Waals surface area contributed by atoms with Crippen molar-refractivity contribution in [2.45, 2.75) is 66.0 Å². The van der Waals surface area contributed by atoms with Gasteiger partial charge in [0.15, 0.2) is 5.78 Å². The highest BCUT2D eigenvalue weighted by atomic mass is 16.6. The summed E-state index contributed by atoms with van der Waals surface area (Å²) in [5.41, 5.74) is 1.53. The van der Waals surface area contributed by atoms with Gasteiger partial charge in [-0.1, -0.05) is 31.2 Å². The number of aromatic nitrogens is 1. The number of rotatable bonds is 12. The Morgan fingerprint density at radius 1 is 1.08 bits per heavy atom. The van der Waals surface area contributed by atoms with Gasteiger partial charge in [0.05, 0.1) is 11.4 Å². The van der Waals surface area contributed by atoms with Gasteiger partial charge in [-0.3, -0.25) is 25.0 Å². The fourth-order valence-electron chi connectivity index (χ4n) is 3.33. The number of nitrogens with zero attached hydrogens (tertiary/aromatic N) is 1. The second kappa shape index (κ2) is 13.6. The number of carbonyl (C=O) groups is 4. The van der Waals surface area contributed by atoms with Crippen LogP contribution >= 0.6 is 0 Å². The van der Waals surface area contributed by atoms with Crippen molar-refractivity contribution < 1.29 is 33.8 Å². The number of nitrogens with one attached hydrogen (secondary N) is 3. The van der Waals surface area contributed by atoms with Crippen molar-refractivity contribution in [2.75, 3.05) is 18.4 Å². The number of hydrogen-bond donors (Lipinski definition) is 4. The summed E-state index contributed by atoms with van der Waals surface area (Å²) in [4.78, 5) is 48.4. The molecule has 2 aromatic rings. The predicted octanol–water partition coefficient (Wildman–Crippen LogP) is 2.37. The summed E-state index contributed by atoms with van der Waals surface area (Å²) in [6, 6.07) is 8.75. The number of Topliss-reactive ketones (excluding diaryl/α,β-unsaturated/α-hetero) is 1. The second-order valence-electron chi connectivity index (χ2n) is 9.46. The average molecular weight is 517 g/mol. The molecular weight excluding hydrogens is 480 g/mol. The Hall–Kier alpha value is -3.70. The topological polar surface area (TPSA) is 148 Å². The SMILES string of the molecule is CCNC(O)Cc1ccc(COC(=O)CNC(=O)Cn2cc(NC(=O)OC(C)(C)C)cc2C(C)=O)cc1. The van der Waals surface area contributed by atoms with Crippen LogP contribution in [0.4, 0.5) is 10.5 Å². The third-order valence-electron chi connectivity index (χ3n) is 4.94. The first-order chi connectivity index (χ1) is 17.4. The minimum atomic E-state index is -0.691. The van der Waals surface area contributed by atoms with Crippen LogP contribution in [0.5, 0.6) is 0 Å². The first-order valence-corrected chi connectivity index (χ1v) is 12.0. The van der Waals surface area contributed by atoms with Crippen molar-refractivity contribution in [1.82, 2.24) is 15.2 Å². The number of carbonyl (C=O) groups excluding carboxylic acids is 4. The molecule has 2 amide bonds. The van der Waals surface area contributed by atoms with Crippen molar-refractivity contribution in [3.05, 3.63) is 53.3 Å². The van der Waals surface area contributed by atoms with Crippen molar-refractivity contribution in [3.8, 4) is 0 Å². The minimum absolute atomic E-state index is 0.0382. The first-order valence-electron chi connectivity index (χ1n) is 12.0. The number of aliphatic hydroxyl groups is 1. The Kier molecular flexibility index (Phi) is 10.8. The number of ether oxygens (including phenoxy) is 2. The van der Waals surface area contributed by atoms with E-state index < -0.39 is 29.8 Å². The van der Waals surface area contributed by atoms with Crippen molar-refractivity contribution in [1.29, 1.82) is 0 Å². The van der Waals surface area contributed by atoms with E-state index in [0.717, 1.165) is 11.1 Å². The van der Waals surface area contributed by atoms with E-state index >= 15 is 0 Å². The molecule has 0 saturated carbocycles. The van der Waals surface area contributed by atoms with Crippen LogP contribution in [0.15, 0.2) is 36.5 Å². The highest BCUT2D eigenvalue weighted by molar-refractivity contribution is 5.96. The molecule has 1 heterocycles. The van der Waals surface area contributed by atoms with E-state index in [-0.39, 0.29) is 31.2 Å². The summed E-state index contributed by atoms with van der Waals surface area (Å²) in [7, 11) is 0. The van der Waals surface area contributed by atoms with Crippen LogP contribution in [0.25, 0.3) is 0 Å². The molecule has 202 valence electrons. The molecule has 11 heteroatoms. The molecule has 0 spiro atoms. The number of hydrogen-bond acceptors (Lipinski definition) is 8. The lowest BCUT2D eigenvalue weighted by molar-refractivity contribution is -0.145. The first kappa shape index (κ1) is 29.5. The fourth-order valence-corrected chi connectivity index (χ4v) is 3.33. The third kappa shape index (κ3) is 10.8. The van der Waals surface area contributed by atoms with E-state index in [1.54, 1.807) is 32.9 Å². The molecule has 1 unspecified atom stereocenters. The second-order valence-corrected chi connectivity index (χ2v) is 9.46. The number of likely N-dealkylation sites (N-methyl/N-ethyl adjacent to an activating group) is 1. The predicted molar refractivity (Wildman–Crippen MR) is 137 cm³/mol. The molecule has 0 aliphatic carbocycles. The molecular formula is C26H36N4O7. The van der Waals surface area contributed by atoms with E-state index in [9.17, 15) is 24.3 Å². The van der Waals surface area contributed by atoms with Gasteiger partial charge in [-0.15, -0.1) is 0 Å². The summed E-state index contributed by atoms with van der Waals surface area (Å²) in [5.74, 6) is -1.43. The summed E-state index contributed by atoms with van der Waals surface area (Å²) < 4.78 is 11.8. The highest BCUT2D eigenvalue weighted by Gasteiger charge is 2.19. The lowest BCUT2D eigenvalue weighted by Crippen LogP contribution is -2.33. The van der Waals surface area contributed by atoms with E-state index in [1.807, 2.05) is 19.1 Å². The molecule has 1 aromatic carbocycles. The molecule has 4 N–H and O–H groups in total. The zero-order valence-corrected chi connectivity index (χ0v) is 21.9. The Labute approximate surface area is 216 Å². The van der Waals surface area contributed by atoms with Gasteiger partial charge in [-0.05, 0) is 44.5 Å². The summed E-state index contributed by atoms with van der Waals surface area (Å²) in [5, 5.41) is 17.7. The molecule has 0 radical (unpaired) electrons. The van der Waals surface area contributed by atoms with Gasteiger partial charge in [0.2, 0.25) is 5.91 Å². The molecule has 1 aromatic heterocycles. The van der Waals surface area contributed by atoms with E-state index in [1.165, 1.54) is 23.8 Å².